The molecular formula is C14H22N2O2S. The number of hydrogen-bond donors (Lipinski definition) is 1. The van der Waals surface area contributed by atoms with Crippen molar-refractivity contribution in [2.45, 2.75) is 51.5 Å². The molecule has 5 heteroatoms. The average Bonchev–Trinajstić information content (AvgIpc) is 2.85. The quantitative estimate of drug-likeness (QED) is 0.902. The fourth-order valence-corrected chi connectivity index (χ4v) is 3.52. The Kier molecular flexibility index (Phi) is 4.93. The van der Waals surface area contributed by atoms with Crippen LogP contribution < -0.4 is 0 Å². The van der Waals surface area contributed by atoms with Crippen molar-refractivity contribution >= 4 is 17.3 Å². The lowest BCUT2D eigenvalue weighted by atomic mass is 9.97. The minimum Gasteiger partial charge on any atom is -0.481 e. The minimum atomic E-state index is -0.752. The van der Waals surface area contributed by atoms with Crippen LogP contribution in [0.4, 0.5) is 0 Å². The lowest BCUT2D eigenvalue weighted by Gasteiger charge is -2.34. The van der Waals surface area contributed by atoms with Crippen molar-refractivity contribution in [2.75, 3.05) is 13.1 Å². The Balaban J connectivity index is 1.95. The van der Waals surface area contributed by atoms with E-state index in [1.165, 1.54) is 24.4 Å². The smallest absolute Gasteiger partial charge is 0.303 e. The highest BCUT2D eigenvalue weighted by Crippen LogP contribution is 2.30. The van der Waals surface area contributed by atoms with Crippen LogP contribution in [0.15, 0.2) is 5.38 Å². The van der Waals surface area contributed by atoms with Crippen LogP contribution in [-0.4, -0.2) is 40.1 Å². The van der Waals surface area contributed by atoms with E-state index in [1.54, 1.807) is 11.3 Å². The fraction of sp³-hybridized carbons (Fsp3) is 0.714. The summed E-state index contributed by atoms with van der Waals surface area (Å²) in [4.78, 5) is 17.7. The molecule has 19 heavy (non-hydrogen) atoms. The average molecular weight is 282 g/mol. The van der Waals surface area contributed by atoms with Crippen LogP contribution >= 0.6 is 11.3 Å². The van der Waals surface area contributed by atoms with Crippen molar-refractivity contribution in [1.29, 1.82) is 0 Å². The van der Waals surface area contributed by atoms with Crippen molar-refractivity contribution in [3.05, 3.63) is 16.1 Å². The van der Waals surface area contributed by atoms with Gasteiger partial charge in [-0.15, -0.1) is 11.3 Å². The van der Waals surface area contributed by atoms with E-state index in [2.05, 4.69) is 23.7 Å². The molecule has 0 saturated carbocycles. The van der Waals surface area contributed by atoms with Gasteiger partial charge in [-0.2, -0.15) is 0 Å². The monoisotopic (exact) mass is 282 g/mol. The van der Waals surface area contributed by atoms with Gasteiger partial charge in [-0.25, -0.2) is 4.98 Å². The zero-order valence-electron chi connectivity index (χ0n) is 11.6. The van der Waals surface area contributed by atoms with Crippen LogP contribution in [0, 0.1) is 0 Å². The molecule has 1 unspecified atom stereocenters. The summed E-state index contributed by atoms with van der Waals surface area (Å²) < 4.78 is 0. The van der Waals surface area contributed by atoms with Gasteiger partial charge in [0.25, 0.3) is 0 Å². The van der Waals surface area contributed by atoms with E-state index in [-0.39, 0.29) is 6.42 Å². The Morgan fingerprint density at radius 1 is 1.63 bits per heavy atom. The van der Waals surface area contributed by atoms with E-state index in [0.717, 1.165) is 12.2 Å². The van der Waals surface area contributed by atoms with Crippen LogP contribution in [0.5, 0.6) is 0 Å². The standard InChI is InChI=1S/C14H22N2O2S/c1-10(2)16-7-3-4-11(8-16)14-15-12(9-19-14)5-6-13(17)18/h9-11H,3-8H2,1-2H3,(H,17,18). The third-order valence-corrected chi connectivity index (χ3v) is 4.75. The molecule has 1 aromatic heterocycles. The van der Waals surface area contributed by atoms with Crippen molar-refractivity contribution in [2.24, 2.45) is 0 Å². The number of carbonyl (C=O) groups is 1. The summed E-state index contributed by atoms with van der Waals surface area (Å²) in [6, 6.07) is 0.592. The third-order valence-electron chi connectivity index (χ3n) is 3.70. The van der Waals surface area contributed by atoms with Gasteiger partial charge in [0.15, 0.2) is 0 Å². The van der Waals surface area contributed by atoms with Gasteiger partial charge in [-0.3, -0.25) is 4.79 Å². The second-order valence-corrected chi connectivity index (χ2v) is 6.39. The van der Waals surface area contributed by atoms with Gasteiger partial charge < -0.3 is 10.0 Å². The molecule has 2 rings (SSSR count). The van der Waals surface area contributed by atoms with Gasteiger partial charge >= 0.3 is 5.97 Å². The highest BCUT2D eigenvalue weighted by molar-refractivity contribution is 7.09. The minimum absolute atomic E-state index is 0.173. The van der Waals surface area contributed by atoms with Gasteiger partial charge in [-0.05, 0) is 33.2 Å². The summed E-state index contributed by atoms with van der Waals surface area (Å²) >= 11 is 1.69. The molecule has 0 radical (unpaired) electrons. The number of hydrogen-bond acceptors (Lipinski definition) is 4. The van der Waals surface area contributed by atoms with Gasteiger partial charge in [0.1, 0.15) is 0 Å². The molecule has 1 atom stereocenters. The first-order valence-corrected chi connectivity index (χ1v) is 7.84. The topological polar surface area (TPSA) is 53.4 Å². The summed E-state index contributed by atoms with van der Waals surface area (Å²) in [6.45, 7) is 6.75. The number of rotatable bonds is 5. The molecular weight excluding hydrogens is 260 g/mol. The Labute approximate surface area is 118 Å². The third kappa shape index (κ3) is 4.01. The molecule has 0 amide bonds. The molecule has 0 spiro atoms. The molecule has 1 saturated heterocycles. The Morgan fingerprint density at radius 3 is 3.11 bits per heavy atom. The van der Waals surface area contributed by atoms with E-state index in [1.807, 2.05) is 5.38 Å². The number of aromatic nitrogens is 1. The molecule has 1 aliphatic rings. The summed E-state index contributed by atoms with van der Waals surface area (Å²) in [5.41, 5.74) is 0.934. The van der Waals surface area contributed by atoms with Crippen molar-refractivity contribution in [3.63, 3.8) is 0 Å². The number of carboxylic acid groups (broad SMARTS) is 1. The molecule has 0 aromatic carbocycles. The van der Waals surface area contributed by atoms with Crippen LogP contribution in [0.3, 0.4) is 0 Å². The molecule has 1 fully saturated rings. The Morgan fingerprint density at radius 2 is 2.42 bits per heavy atom. The SMILES string of the molecule is CC(C)N1CCCC(c2nc(CCC(=O)O)cs2)C1. The molecule has 2 heterocycles. The molecule has 1 aliphatic heterocycles. The summed E-state index contributed by atoms with van der Waals surface area (Å²) in [6.07, 6.45) is 3.15. The lowest BCUT2D eigenvalue weighted by Crippen LogP contribution is -2.39. The number of aliphatic carboxylic acids is 1. The van der Waals surface area contributed by atoms with Crippen molar-refractivity contribution in [1.82, 2.24) is 9.88 Å². The molecule has 106 valence electrons. The summed E-state index contributed by atoms with van der Waals surface area (Å²) in [5, 5.41) is 11.9. The number of aryl methyl sites for hydroxylation is 1. The zero-order valence-corrected chi connectivity index (χ0v) is 12.4. The molecule has 4 nitrogen and oxygen atoms in total. The van der Waals surface area contributed by atoms with Gasteiger partial charge in [-0.1, -0.05) is 0 Å². The van der Waals surface area contributed by atoms with Gasteiger partial charge in [0.05, 0.1) is 17.1 Å². The number of thiazole rings is 1. The maximum Gasteiger partial charge on any atom is 0.303 e. The number of carboxylic acids is 1. The van der Waals surface area contributed by atoms with E-state index < -0.39 is 5.97 Å². The maximum atomic E-state index is 10.6. The maximum absolute atomic E-state index is 10.6. The summed E-state index contributed by atoms with van der Waals surface area (Å²) in [7, 11) is 0. The van der Waals surface area contributed by atoms with Crippen molar-refractivity contribution in [3.8, 4) is 0 Å². The molecule has 0 bridgehead atoms. The highest BCUT2D eigenvalue weighted by atomic mass is 32.1. The highest BCUT2D eigenvalue weighted by Gasteiger charge is 2.24. The second kappa shape index (κ2) is 6.48. The molecule has 1 aromatic rings. The predicted molar refractivity (Wildman–Crippen MR) is 76.8 cm³/mol. The largest absolute Gasteiger partial charge is 0.481 e. The first kappa shape index (κ1) is 14.5. The zero-order chi connectivity index (χ0) is 13.8. The molecule has 1 N–H and O–H groups in total. The first-order valence-electron chi connectivity index (χ1n) is 6.96. The van der Waals surface area contributed by atoms with Crippen LogP contribution in [0.2, 0.25) is 0 Å². The number of piperidine rings is 1. The van der Waals surface area contributed by atoms with Gasteiger partial charge in [0.2, 0.25) is 0 Å². The van der Waals surface area contributed by atoms with E-state index in [9.17, 15) is 4.79 Å². The predicted octanol–water partition coefficient (Wildman–Crippen LogP) is 2.75. The van der Waals surface area contributed by atoms with E-state index in [0.29, 0.717) is 18.4 Å². The molecule has 0 aliphatic carbocycles. The Bertz CT molecular complexity index is 431. The van der Waals surface area contributed by atoms with Crippen LogP contribution in [-0.2, 0) is 11.2 Å². The normalized spacial score (nSPS) is 20.9. The number of likely N-dealkylation sites (tertiary alicyclic amines) is 1. The summed E-state index contributed by atoms with van der Waals surface area (Å²) in [5.74, 6) is -0.224. The second-order valence-electron chi connectivity index (χ2n) is 5.50. The number of nitrogens with zero attached hydrogens (tertiary/aromatic N) is 2. The van der Waals surface area contributed by atoms with Crippen LogP contribution in [0.25, 0.3) is 0 Å². The van der Waals surface area contributed by atoms with E-state index in [4.69, 9.17) is 5.11 Å². The van der Waals surface area contributed by atoms with Gasteiger partial charge in [0, 0.05) is 30.3 Å². The van der Waals surface area contributed by atoms with Crippen molar-refractivity contribution < 1.29 is 9.90 Å². The van der Waals surface area contributed by atoms with Crippen LogP contribution in [0.1, 0.15) is 49.7 Å². The lowest BCUT2D eigenvalue weighted by molar-refractivity contribution is -0.136. The first-order chi connectivity index (χ1) is 9.06. The Hall–Kier alpha value is -0.940. The van der Waals surface area contributed by atoms with E-state index >= 15 is 0 Å². The fourth-order valence-electron chi connectivity index (χ4n) is 2.54.